The molecule has 6 fully saturated rings. The zero-order valence-electron chi connectivity index (χ0n) is 24.1. The van der Waals surface area contributed by atoms with Crippen LogP contribution in [0.1, 0.15) is 65.7 Å². The maximum atomic E-state index is 14.3. The molecule has 14 atom stereocenters. The molecule has 4 N–H and O–H groups in total. The van der Waals surface area contributed by atoms with Gasteiger partial charge in [0.25, 0.3) is 5.79 Å². The molecule has 0 aromatic rings. The number of Topliss-reactive ketones (excluding diaryl/α,β-unsaturated/α-hetero) is 1. The van der Waals surface area contributed by atoms with E-state index in [1.165, 1.54) is 13.2 Å². The molecule has 0 bridgehead atoms. The summed E-state index contributed by atoms with van der Waals surface area (Å²) in [5.41, 5.74) is -2.31. The number of aliphatic hydroxyl groups is 4. The molecule has 0 spiro atoms. The van der Waals surface area contributed by atoms with Gasteiger partial charge in [-0.15, -0.1) is 0 Å². The second-order valence-corrected chi connectivity index (χ2v) is 14.2. The molecule has 11 nitrogen and oxygen atoms in total. The Bertz CT molecular complexity index is 1190. The van der Waals surface area contributed by atoms with Crippen molar-refractivity contribution in [1.82, 2.24) is 0 Å². The summed E-state index contributed by atoms with van der Waals surface area (Å²) in [5, 5.41) is 46.9. The number of hydrogen-bond acceptors (Lipinski definition) is 11. The Morgan fingerprint density at radius 3 is 2.46 bits per heavy atom. The number of cyclic esters (lactones) is 1. The maximum Gasteiger partial charge on any atom is 0.331 e. The van der Waals surface area contributed by atoms with E-state index in [0.29, 0.717) is 32.1 Å². The molecule has 0 radical (unpaired) electrons. The van der Waals surface area contributed by atoms with Crippen molar-refractivity contribution in [2.45, 2.75) is 114 Å². The number of hydrogen-bond donors (Lipinski definition) is 4. The first-order valence-corrected chi connectivity index (χ1v) is 15.0. The van der Waals surface area contributed by atoms with Gasteiger partial charge < -0.3 is 44.1 Å². The number of rotatable bonds is 2. The minimum absolute atomic E-state index is 0.00214. The molecule has 228 valence electrons. The minimum atomic E-state index is -2.22. The van der Waals surface area contributed by atoms with Crippen LogP contribution < -0.4 is 0 Å². The molecule has 11 heteroatoms. The number of fused-ring (bicyclic) bond motifs is 7. The fourth-order valence-corrected chi connectivity index (χ4v) is 10.4. The lowest BCUT2D eigenvalue weighted by Crippen LogP contribution is -2.76. The van der Waals surface area contributed by atoms with E-state index >= 15 is 0 Å². The van der Waals surface area contributed by atoms with Crippen molar-refractivity contribution in [2.75, 3.05) is 13.7 Å². The maximum absolute atomic E-state index is 14.3. The van der Waals surface area contributed by atoms with E-state index in [4.69, 9.17) is 23.7 Å². The van der Waals surface area contributed by atoms with Gasteiger partial charge in [-0.25, -0.2) is 4.79 Å². The van der Waals surface area contributed by atoms with E-state index in [1.807, 2.05) is 0 Å². The predicted molar refractivity (Wildman–Crippen MR) is 138 cm³/mol. The average molecular weight is 579 g/mol. The normalized spacial score (nSPS) is 58.0. The Hall–Kier alpha value is -1.44. The number of ether oxygens (including phenoxy) is 5. The van der Waals surface area contributed by atoms with Crippen molar-refractivity contribution in [2.24, 2.45) is 34.5 Å². The molecule has 0 aromatic carbocycles. The van der Waals surface area contributed by atoms with Gasteiger partial charge in [-0.05, 0) is 74.2 Å². The predicted octanol–water partition coefficient (Wildman–Crippen LogP) is 0.946. The molecule has 41 heavy (non-hydrogen) atoms. The Labute approximate surface area is 239 Å². The molecule has 4 aliphatic carbocycles. The molecule has 0 unspecified atom stereocenters. The Morgan fingerprint density at radius 2 is 1.78 bits per heavy atom. The second-order valence-electron chi connectivity index (χ2n) is 14.2. The molecular weight excluding hydrogens is 536 g/mol. The van der Waals surface area contributed by atoms with Crippen LogP contribution in [0.15, 0.2) is 11.6 Å². The van der Waals surface area contributed by atoms with Gasteiger partial charge in [0.2, 0.25) is 12.1 Å². The fraction of sp³-hybridized carbons (Fsp3) is 0.867. The van der Waals surface area contributed by atoms with Gasteiger partial charge in [0.15, 0.2) is 5.78 Å². The van der Waals surface area contributed by atoms with Crippen molar-refractivity contribution in [3.8, 4) is 0 Å². The van der Waals surface area contributed by atoms with Crippen LogP contribution in [-0.2, 0) is 33.3 Å². The summed E-state index contributed by atoms with van der Waals surface area (Å²) in [6, 6.07) is 0. The molecule has 3 aliphatic heterocycles. The molecule has 2 saturated heterocycles. The summed E-state index contributed by atoms with van der Waals surface area (Å²) in [6.07, 6.45) is 0.374. The third-order valence-electron chi connectivity index (χ3n) is 12.6. The van der Waals surface area contributed by atoms with E-state index in [0.717, 1.165) is 12.0 Å². The van der Waals surface area contributed by atoms with Crippen LogP contribution in [0.25, 0.3) is 0 Å². The van der Waals surface area contributed by atoms with Crippen molar-refractivity contribution in [1.29, 1.82) is 0 Å². The first kappa shape index (κ1) is 28.3. The first-order chi connectivity index (χ1) is 19.2. The van der Waals surface area contributed by atoms with E-state index < -0.39 is 70.6 Å². The minimum Gasteiger partial charge on any atom is -0.458 e. The van der Waals surface area contributed by atoms with Crippen LogP contribution in [0.4, 0.5) is 0 Å². The SMILES string of the molecule is CO[C@]1(O)C[C@@H](C)O[C@H]2O[C@@H]3C[C@@]4(C)[C@H](CC[C@@H]5[C@@H]4C(=O)[C@H](O)[C@]4(C)[C@@H](C6=CC(=O)OC6)CC[C@]54O)C[C@H]3O[C@@]21O. The molecule has 7 aliphatic rings. The third kappa shape index (κ3) is 3.43. The smallest absolute Gasteiger partial charge is 0.331 e. The van der Waals surface area contributed by atoms with Gasteiger partial charge in [-0.3, -0.25) is 4.79 Å². The number of methoxy groups -OCH3 is 1. The summed E-state index contributed by atoms with van der Waals surface area (Å²) in [6.45, 7) is 5.73. The van der Waals surface area contributed by atoms with Gasteiger partial charge in [0.05, 0.1) is 23.9 Å². The van der Waals surface area contributed by atoms with Gasteiger partial charge in [0.1, 0.15) is 12.7 Å². The van der Waals surface area contributed by atoms with Crippen molar-refractivity contribution < 1.29 is 53.7 Å². The topological polar surface area (TPSA) is 161 Å². The van der Waals surface area contributed by atoms with E-state index in [1.54, 1.807) is 13.8 Å². The Balaban J connectivity index is 1.21. The van der Waals surface area contributed by atoms with Gasteiger partial charge in [-0.1, -0.05) is 13.8 Å². The van der Waals surface area contributed by atoms with Crippen molar-refractivity contribution in [3.05, 3.63) is 11.6 Å². The molecule has 7 rings (SSSR count). The average Bonchev–Trinajstić information content (AvgIpc) is 3.46. The lowest BCUT2D eigenvalue weighted by molar-refractivity contribution is -0.513. The largest absolute Gasteiger partial charge is 0.458 e. The quantitative estimate of drug-likeness (QED) is 0.210. The van der Waals surface area contributed by atoms with E-state index in [-0.39, 0.29) is 36.6 Å². The van der Waals surface area contributed by atoms with E-state index in [2.05, 4.69) is 6.92 Å². The van der Waals surface area contributed by atoms with Crippen LogP contribution >= 0.6 is 0 Å². The molecule has 0 aromatic heterocycles. The molecular formula is C30H42O11. The molecule has 3 heterocycles. The van der Waals surface area contributed by atoms with Crippen LogP contribution in [0, 0.1) is 34.5 Å². The van der Waals surface area contributed by atoms with Gasteiger partial charge >= 0.3 is 5.97 Å². The number of aliphatic hydroxyl groups excluding tert-OH is 1. The number of ketones is 1. The zero-order valence-corrected chi connectivity index (χ0v) is 24.1. The monoisotopic (exact) mass is 578 g/mol. The second kappa shape index (κ2) is 8.81. The zero-order chi connectivity index (χ0) is 29.3. The first-order valence-electron chi connectivity index (χ1n) is 15.0. The summed E-state index contributed by atoms with van der Waals surface area (Å²) in [7, 11) is 1.31. The third-order valence-corrected chi connectivity index (χ3v) is 12.6. The number of esters is 1. The number of carbonyl (C=O) groups is 2. The van der Waals surface area contributed by atoms with Crippen molar-refractivity contribution in [3.63, 3.8) is 0 Å². The molecule has 4 saturated carbocycles. The van der Waals surface area contributed by atoms with Gasteiger partial charge in [0, 0.05) is 30.9 Å². The summed E-state index contributed by atoms with van der Waals surface area (Å²) < 4.78 is 28.9. The Morgan fingerprint density at radius 1 is 1.02 bits per heavy atom. The lowest BCUT2D eigenvalue weighted by Gasteiger charge is -2.65. The van der Waals surface area contributed by atoms with E-state index in [9.17, 15) is 30.0 Å². The standard InChI is InChI=1S/C30H42O11/c1-14-11-29(35,37-4)30(36)25(39-14)40-20-12-26(2)16(10-19(20)41-30)5-6-18-22(26)23(32)24(33)27(3)17(7-8-28(18,27)34)15-9-21(31)38-13-15/h9,14,16-20,22,24-25,33-36H,5-8,10-13H2,1-4H3/t14-,16-,17-,18-,19-,20-,22-,24+,25+,26+,27+,28+,29-,30+/m1/s1. The summed E-state index contributed by atoms with van der Waals surface area (Å²) in [4.78, 5) is 26.1. The highest BCUT2D eigenvalue weighted by atomic mass is 16.8. The highest BCUT2D eigenvalue weighted by Gasteiger charge is 2.75. The Kier molecular flexibility index (Phi) is 6.09. The van der Waals surface area contributed by atoms with Crippen molar-refractivity contribution >= 4 is 11.8 Å². The summed E-state index contributed by atoms with van der Waals surface area (Å²) >= 11 is 0. The number of carbonyl (C=O) groups excluding carboxylic acids is 2. The highest BCUT2D eigenvalue weighted by Crippen LogP contribution is 2.69. The summed E-state index contributed by atoms with van der Waals surface area (Å²) in [5.74, 6) is -6.23. The highest BCUT2D eigenvalue weighted by molar-refractivity contribution is 5.90. The van der Waals surface area contributed by atoms with Crippen LogP contribution in [0.3, 0.4) is 0 Å². The van der Waals surface area contributed by atoms with Crippen LogP contribution in [-0.4, -0.2) is 93.8 Å². The van der Waals surface area contributed by atoms with Crippen LogP contribution in [0.5, 0.6) is 0 Å². The van der Waals surface area contributed by atoms with Gasteiger partial charge in [-0.2, -0.15) is 0 Å². The fourth-order valence-electron chi connectivity index (χ4n) is 10.4. The lowest BCUT2D eigenvalue weighted by atomic mass is 9.42. The molecule has 0 amide bonds. The van der Waals surface area contributed by atoms with Crippen LogP contribution in [0.2, 0.25) is 0 Å².